The first kappa shape index (κ1) is 24.9. The van der Waals surface area contributed by atoms with Crippen LogP contribution in [0, 0.1) is 5.92 Å². The van der Waals surface area contributed by atoms with E-state index in [4.69, 9.17) is 4.74 Å². The first-order valence-electron chi connectivity index (χ1n) is 11.8. The quantitative estimate of drug-likeness (QED) is 0.391. The number of nitrogens with zero attached hydrogens (tertiary/aromatic N) is 4. The highest BCUT2D eigenvalue weighted by molar-refractivity contribution is 6.05. The van der Waals surface area contributed by atoms with Crippen molar-refractivity contribution in [3.8, 4) is 11.4 Å². The molecule has 3 heterocycles. The summed E-state index contributed by atoms with van der Waals surface area (Å²) in [7, 11) is 1.61. The third-order valence-electron chi connectivity index (χ3n) is 5.76. The number of carbonyl (C=O) groups is 1. The van der Waals surface area contributed by atoms with E-state index >= 15 is 0 Å². The molecule has 0 radical (unpaired) electrons. The number of hydrogen-bond donors (Lipinski definition) is 2. The number of aromatic amines is 1. The molecule has 0 aliphatic rings. The van der Waals surface area contributed by atoms with Gasteiger partial charge >= 0.3 is 5.69 Å². The number of hydrogen-bond acceptors (Lipinski definition) is 6. The fraction of sp³-hybridized carbons (Fsp3) is 0.346. The molecule has 1 aromatic carbocycles. The van der Waals surface area contributed by atoms with Crippen LogP contribution in [0.1, 0.15) is 55.4 Å². The summed E-state index contributed by atoms with van der Waals surface area (Å²) >= 11 is 0. The van der Waals surface area contributed by atoms with Crippen molar-refractivity contribution in [3.63, 3.8) is 0 Å². The number of benzene rings is 1. The van der Waals surface area contributed by atoms with E-state index in [9.17, 15) is 14.4 Å². The predicted octanol–water partition coefficient (Wildman–Crippen LogP) is 2.99. The molecular formula is C26H30N6O4. The maximum absolute atomic E-state index is 13.3. The van der Waals surface area contributed by atoms with Crippen molar-refractivity contribution in [2.75, 3.05) is 7.11 Å². The number of ether oxygens (including phenoxy) is 1. The predicted molar refractivity (Wildman–Crippen MR) is 137 cm³/mol. The Morgan fingerprint density at radius 1 is 1.11 bits per heavy atom. The molecule has 0 aliphatic carbocycles. The van der Waals surface area contributed by atoms with Gasteiger partial charge in [-0.2, -0.15) is 5.10 Å². The van der Waals surface area contributed by atoms with Crippen molar-refractivity contribution in [1.82, 2.24) is 29.6 Å². The molecule has 4 rings (SSSR count). The Labute approximate surface area is 208 Å². The molecule has 188 valence electrons. The fourth-order valence-corrected chi connectivity index (χ4v) is 3.90. The van der Waals surface area contributed by atoms with Gasteiger partial charge in [-0.3, -0.25) is 19.1 Å². The Bertz CT molecular complexity index is 1510. The van der Waals surface area contributed by atoms with Crippen molar-refractivity contribution < 1.29 is 9.53 Å². The van der Waals surface area contributed by atoms with Gasteiger partial charge in [0, 0.05) is 18.4 Å². The summed E-state index contributed by atoms with van der Waals surface area (Å²) < 4.78 is 8.32. The zero-order valence-corrected chi connectivity index (χ0v) is 21.0. The van der Waals surface area contributed by atoms with Crippen LogP contribution in [-0.4, -0.2) is 37.3 Å². The van der Waals surface area contributed by atoms with Crippen molar-refractivity contribution in [2.45, 2.75) is 46.7 Å². The van der Waals surface area contributed by atoms with Crippen LogP contribution in [0.5, 0.6) is 5.75 Å². The van der Waals surface area contributed by atoms with Crippen LogP contribution in [0.4, 0.5) is 0 Å². The highest BCUT2D eigenvalue weighted by atomic mass is 16.5. The monoisotopic (exact) mass is 490 g/mol. The number of methoxy groups -OCH3 is 1. The van der Waals surface area contributed by atoms with Gasteiger partial charge < -0.3 is 10.1 Å². The second kappa shape index (κ2) is 10.2. The lowest BCUT2D eigenvalue weighted by atomic mass is 10.0. The fourth-order valence-electron chi connectivity index (χ4n) is 3.90. The third-order valence-corrected chi connectivity index (χ3v) is 5.76. The average Bonchev–Trinajstić information content (AvgIpc) is 3.33. The van der Waals surface area contributed by atoms with E-state index in [-0.39, 0.29) is 35.0 Å². The summed E-state index contributed by atoms with van der Waals surface area (Å²) in [6.45, 7) is 8.35. The standard InChI is InChI=1S/C26H30N6O4/c1-15(2)14-31-23-22(25(34)29-26(31)35)20(12-21(28-23)16(3)4)24(33)27-13-17-10-11-32(30-17)18-6-8-19(36-5)9-7-18/h6-12,15-16H,13-14H2,1-5H3,(H,27,33)(H,29,34,35). The zero-order chi connectivity index (χ0) is 26.0. The number of aromatic nitrogens is 5. The van der Waals surface area contributed by atoms with Crippen LogP contribution in [-0.2, 0) is 13.1 Å². The third kappa shape index (κ3) is 5.07. The van der Waals surface area contributed by atoms with Gasteiger partial charge in [0.05, 0.1) is 36.0 Å². The van der Waals surface area contributed by atoms with Crippen LogP contribution in [0.25, 0.3) is 16.7 Å². The Hall–Kier alpha value is -4.21. The van der Waals surface area contributed by atoms with Crippen molar-refractivity contribution >= 4 is 16.9 Å². The molecule has 0 fully saturated rings. The zero-order valence-electron chi connectivity index (χ0n) is 21.0. The van der Waals surface area contributed by atoms with Gasteiger partial charge in [0.2, 0.25) is 0 Å². The van der Waals surface area contributed by atoms with Crippen molar-refractivity contribution in [2.24, 2.45) is 5.92 Å². The Morgan fingerprint density at radius 2 is 1.83 bits per heavy atom. The minimum absolute atomic E-state index is 0.0111. The van der Waals surface area contributed by atoms with E-state index in [1.807, 2.05) is 58.0 Å². The first-order valence-corrected chi connectivity index (χ1v) is 11.8. The molecule has 0 aliphatic heterocycles. The number of nitrogens with one attached hydrogen (secondary N) is 2. The van der Waals surface area contributed by atoms with E-state index in [0.717, 1.165) is 11.4 Å². The van der Waals surface area contributed by atoms with E-state index in [1.54, 1.807) is 24.1 Å². The van der Waals surface area contributed by atoms with Gasteiger partial charge in [-0.25, -0.2) is 14.5 Å². The second-order valence-corrected chi connectivity index (χ2v) is 9.34. The molecule has 10 heteroatoms. The molecule has 2 N–H and O–H groups in total. The molecule has 0 spiro atoms. The van der Waals surface area contributed by atoms with Crippen LogP contribution in [0.2, 0.25) is 0 Å². The lowest BCUT2D eigenvalue weighted by Gasteiger charge is -2.15. The van der Waals surface area contributed by atoms with Gasteiger partial charge in [-0.1, -0.05) is 27.7 Å². The molecule has 0 atom stereocenters. The maximum Gasteiger partial charge on any atom is 0.330 e. The molecule has 0 saturated heterocycles. The van der Waals surface area contributed by atoms with Crippen LogP contribution in [0.3, 0.4) is 0 Å². The summed E-state index contributed by atoms with van der Waals surface area (Å²) in [6.07, 6.45) is 1.80. The summed E-state index contributed by atoms with van der Waals surface area (Å²) in [4.78, 5) is 45.6. The molecule has 0 unspecified atom stereocenters. The summed E-state index contributed by atoms with van der Waals surface area (Å²) in [5.74, 6) is 0.434. The number of rotatable bonds is 8. The van der Waals surface area contributed by atoms with Crippen LogP contribution >= 0.6 is 0 Å². The largest absolute Gasteiger partial charge is 0.497 e. The van der Waals surface area contributed by atoms with Crippen molar-refractivity contribution in [3.05, 3.63) is 80.4 Å². The number of pyridine rings is 1. The van der Waals surface area contributed by atoms with E-state index in [2.05, 4.69) is 20.4 Å². The molecule has 3 aromatic heterocycles. The van der Waals surface area contributed by atoms with Crippen LogP contribution < -0.4 is 21.3 Å². The summed E-state index contributed by atoms with van der Waals surface area (Å²) in [5.41, 5.74) is 1.35. The summed E-state index contributed by atoms with van der Waals surface area (Å²) in [5, 5.41) is 7.48. The Kier molecular flexibility index (Phi) is 7.05. The molecular weight excluding hydrogens is 460 g/mol. The first-order chi connectivity index (χ1) is 17.2. The number of carbonyl (C=O) groups excluding carboxylic acids is 1. The maximum atomic E-state index is 13.3. The number of fused-ring (bicyclic) bond motifs is 1. The molecule has 4 aromatic rings. The van der Waals surface area contributed by atoms with Gasteiger partial charge in [0.25, 0.3) is 11.5 Å². The van der Waals surface area contributed by atoms with Gasteiger partial charge in [-0.15, -0.1) is 0 Å². The molecule has 10 nitrogen and oxygen atoms in total. The number of H-pyrrole nitrogens is 1. The van der Waals surface area contributed by atoms with E-state index < -0.39 is 17.2 Å². The average molecular weight is 491 g/mol. The lowest BCUT2D eigenvalue weighted by Crippen LogP contribution is -2.34. The molecule has 0 bridgehead atoms. The van der Waals surface area contributed by atoms with E-state index in [0.29, 0.717) is 17.9 Å². The molecule has 0 saturated carbocycles. The minimum Gasteiger partial charge on any atom is -0.497 e. The van der Waals surface area contributed by atoms with Gasteiger partial charge in [-0.05, 0) is 48.2 Å². The highest BCUT2D eigenvalue weighted by Crippen LogP contribution is 2.20. The topological polar surface area (TPSA) is 124 Å². The van der Waals surface area contributed by atoms with E-state index in [1.165, 1.54) is 4.57 Å². The normalized spacial score (nSPS) is 11.4. The molecule has 36 heavy (non-hydrogen) atoms. The minimum atomic E-state index is -0.633. The smallest absolute Gasteiger partial charge is 0.330 e. The SMILES string of the molecule is COc1ccc(-n2ccc(CNC(=O)c3cc(C(C)C)nc4c3c(=O)[nH]c(=O)n4CC(C)C)n2)cc1. The number of amides is 1. The molecule has 1 amide bonds. The van der Waals surface area contributed by atoms with Crippen LogP contribution in [0.15, 0.2) is 52.2 Å². The Balaban J connectivity index is 1.66. The van der Waals surface area contributed by atoms with Crippen molar-refractivity contribution in [1.29, 1.82) is 0 Å². The summed E-state index contributed by atoms with van der Waals surface area (Å²) in [6, 6.07) is 10.9. The lowest BCUT2D eigenvalue weighted by molar-refractivity contribution is 0.0951. The van der Waals surface area contributed by atoms with Gasteiger partial charge in [0.15, 0.2) is 5.65 Å². The van der Waals surface area contributed by atoms with Gasteiger partial charge in [0.1, 0.15) is 5.75 Å². The highest BCUT2D eigenvalue weighted by Gasteiger charge is 2.21. The second-order valence-electron chi connectivity index (χ2n) is 9.34. The Morgan fingerprint density at radius 3 is 2.47 bits per heavy atom.